The van der Waals surface area contributed by atoms with Crippen LogP contribution in [0.3, 0.4) is 0 Å². The Labute approximate surface area is 124 Å². The summed E-state index contributed by atoms with van der Waals surface area (Å²) in [5.74, 6) is 0. The Kier molecular flexibility index (Phi) is 3.70. The highest BCUT2D eigenvalue weighted by atomic mass is 35.5. The topological polar surface area (TPSA) is 65.5 Å². The third kappa shape index (κ3) is 2.72. The Hall–Kier alpha value is -0.625. The van der Waals surface area contributed by atoms with Crippen LogP contribution in [0.1, 0.15) is 27.7 Å². The van der Waals surface area contributed by atoms with Gasteiger partial charge in [-0.1, -0.05) is 11.6 Å². The average Bonchev–Trinajstić information content (AvgIpc) is 2.46. The van der Waals surface area contributed by atoms with Crippen LogP contribution < -0.4 is 5.46 Å². The maximum absolute atomic E-state index is 11.9. The Bertz CT molecular complexity index is 629. The summed E-state index contributed by atoms with van der Waals surface area (Å²) >= 11 is 5.87. The van der Waals surface area contributed by atoms with Crippen molar-refractivity contribution in [3.05, 3.63) is 17.4 Å². The van der Waals surface area contributed by atoms with Gasteiger partial charge < -0.3 is 9.31 Å². The van der Waals surface area contributed by atoms with E-state index in [0.29, 0.717) is 5.46 Å². The van der Waals surface area contributed by atoms with Crippen LogP contribution in [-0.2, 0) is 19.1 Å². The van der Waals surface area contributed by atoms with Gasteiger partial charge in [-0.15, -0.1) is 0 Å². The lowest BCUT2D eigenvalue weighted by Gasteiger charge is -2.32. The van der Waals surface area contributed by atoms with E-state index in [4.69, 9.17) is 20.9 Å². The van der Waals surface area contributed by atoms with E-state index in [2.05, 4.69) is 4.98 Å². The van der Waals surface area contributed by atoms with Gasteiger partial charge in [0.2, 0.25) is 0 Å². The SMILES string of the molecule is CC1(C)OB(c2cc(Cl)ncc2S(C)(=O)=O)OC1(C)C. The maximum atomic E-state index is 11.9. The summed E-state index contributed by atoms with van der Waals surface area (Å²) in [7, 11) is -4.23. The fourth-order valence-electron chi connectivity index (χ4n) is 1.90. The normalized spacial score (nSPS) is 21.2. The van der Waals surface area contributed by atoms with Gasteiger partial charge in [0.1, 0.15) is 5.15 Å². The Morgan fingerprint density at radius 2 is 1.70 bits per heavy atom. The molecule has 20 heavy (non-hydrogen) atoms. The van der Waals surface area contributed by atoms with E-state index in [1.165, 1.54) is 12.3 Å². The number of rotatable bonds is 2. The molecule has 1 aliphatic rings. The van der Waals surface area contributed by atoms with Crippen LogP contribution in [0.25, 0.3) is 0 Å². The molecule has 2 heterocycles. The largest absolute Gasteiger partial charge is 0.496 e. The molecule has 0 atom stereocenters. The highest BCUT2D eigenvalue weighted by Crippen LogP contribution is 2.37. The van der Waals surface area contributed by atoms with Gasteiger partial charge in [-0.2, -0.15) is 0 Å². The minimum atomic E-state index is -3.44. The lowest BCUT2D eigenvalue weighted by atomic mass is 9.80. The molecular weight excluding hydrogens is 300 g/mol. The minimum Gasteiger partial charge on any atom is -0.399 e. The van der Waals surface area contributed by atoms with Gasteiger partial charge in [-0.05, 0) is 33.8 Å². The molecule has 0 bridgehead atoms. The molecule has 0 amide bonds. The Morgan fingerprint density at radius 3 is 2.15 bits per heavy atom. The maximum Gasteiger partial charge on any atom is 0.496 e. The molecule has 0 saturated carbocycles. The van der Waals surface area contributed by atoms with Crippen LogP contribution in [0.2, 0.25) is 5.15 Å². The van der Waals surface area contributed by atoms with Gasteiger partial charge in [0.25, 0.3) is 0 Å². The summed E-state index contributed by atoms with van der Waals surface area (Å²) < 4.78 is 35.4. The molecular formula is C12H17BClNO4S. The number of hydrogen-bond acceptors (Lipinski definition) is 5. The molecule has 8 heteroatoms. The number of sulfone groups is 1. The highest BCUT2D eigenvalue weighted by molar-refractivity contribution is 7.91. The second-order valence-electron chi connectivity index (χ2n) is 5.91. The molecule has 110 valence electrons. The zero-order valence-electron chi connectivity index (χ0n) is 12.1. The first-order valence-electron chi connectivity index (χ1n) is 6.15. The second kappa shape index (κ2) is 4.69. The predicted octanol–water partition coefficient (Wildman–Crippen LogP) is 1.44. The molecule has 1 aromatic heterocycles. The van der Waals surface area contributed by atoms with Crippen molar-refractivity contribution in [3.8, 4) is 0 Å². The summed E-state index contributed by atoms with van der Waals surface area (Å²) in [4.78, 5) is 3.90. The summed E-state index contributed by atoms with van der Waals surface area (Å²) in [5.41, 5.74) is -0.726. The first-order chi connectivity index (χ1) is 8.94. The summed E-state index contributed by atoms with van der Waals surface area (Å²) in [5, 5.41) is 0.196. The quantitative estimate of drug-likeness (QED) is 0.610. The Balaban J connectivity index is 2.53. The summed E-state index contributed by atoms with van der Waals surface area (Å²) in [6.45, 7) is 7.59. The van der Waals surface area contributed by atoms with E-state index in [9.17, 15) is 8.42 Å². The second-order valence-corrected chi connectivity index (χ2v) is 8.28. The first kappa shape index (κ1) is 15.8. The Morgan fingerprint density at radius 1 is 1.20 bits per heavy atom. The van der Waals surface area contributed by atoms with Gasteiger partial charge >= 0.3 is 7.12 Å². The number of hydrogen-bond donors (Lipinski definition) is 0. The smallest absolute Gasteiger partial charge is 0.399 e. The van der Waals surface area contributed by atoms with Crippen LogP contribution in [-0.4, -0.2) is 38.0 Å². The van der Waals surface area contributed by atoms with Crippen molar-refractivity contribution in [1.82, 2.24) is 4.98 Å². The van der Waals surface area contributed by atoms with E-state index in [0.717, 1.165) is 6.26 Å². The molecule has 1 aliphatic heterocycles. The molecule has 0 N–H and O–H groups in total. The number of pyridine rings is 1. The van der Waals surface area contributed by atoms with Crippen LogP contribution in [0.15, 0.2) is 17.2 Å². The standard InChI is InChI=1S/C12H17BClNO4S/c1-11(2)12(3,4)19-13(18-11)8-6-10(14)15-7-9(8)20(5,16)17/h6-7H,1-5H3. The van der Waals surface area contributed by atoms with Crippen molar-refractivity contribution in [2.45, 2.75) is 43.8 Å². The van der Waals surface area contributed by atoms with Crippen LogP contribution in [0.5, 0.6) is 0 Å². The third-order valence-electron chi connectivity index (χ3n) is 3.77. The zero-order valence-corrected chi connectivity index (χ0v) is 13.7. The molecule has 0 radical (unpaired) electrons. The van der Waals surface area contributed by atoms with Crippen LogP contribution in [0, 0.1) is 0 Å². The fraction of sp³-hybridized carbons (Fsp3) is 0.583. The molecule has 5 nitrogen and oxygen atoms in total. The molecule has 0 aromatic carbocycles. The molecule has 1 saturated heterocycles. The van der Waals surface area contributed by atoms with Gasteiger partial charge in [0.15, 0.2) is 9.84 Å². The lowest BCUT2D eigenvalue weighted by molar-refractivity contribution is 0.00578. The van der Waals surface area contributed by atoms with Gasteiger partial charge in [-0.3, -0.25) is 0 Å². The van der Waals surface area contributed by atoms with Crippen molar-refractivity contribution in [1.29, 1.82) is 0 Å². The molecule has 1 aromatic rings. The van der Waals surface area contributed by atoms with Gasteiger partial charge in [-0.25, -0.2) is 13.4 Å². The number of halogens is 1. The van der Waals surface area contributed by atoms with Crippen LogP contribution >= 0.6 is 11.6 Å². The van der Waals surface area contributed by atoms with Crippen molar-refractivity contribution in [2.75, 3.05) is 6.26 Å². The van der Waals surface area contributed by atoms with Crippen molar-refractivity contribution in [2.24, 2.45) is 0 Å². The van der Waals surface area contributed by atoms with Crippen LogP contribution in [0.4, 0.5) is 0 Å². The minimum absolute atomic E-state index is 0.0698. The zero-order chi connectivity index (χ0) is 15.3. The first-order valence-corrected chi connectivity index (χ1v) is 8.42. The van der Waals surface area contributed by atoms with E-state index >= 15 is 0 Å². The van der Waals surface area contributed by atoms with Crippen molar-refractivity contribution >= 4 is 34.0 Å². The molecule has 0 spiro atoms. The third-order valence-corrected chi connectivity index (χ3v) is 5.12. The van der Waals surface area contributed by atoms with E-state index in [-0.39, 0.29) is 10.0 Å². The van der Waals surface area contributed by atoms with E-state index in [1.807, 2.05) is 27.7 Å². The summed E-state index contributed by atoms with van der Waals surface area (Å²) in [6.07, 6.45) is 2.35. The lowest BCUT2D eigenvalue weighted by Crippen LogP contribution is -2.41. The average molecular weight is 318 g/mol. The van der Waals surface area contributed by atoms with Crippen molar-refractivity contribution in [3.63, 3.8) is 0 Å². The van der Waals surface area contributed by atoms with Gasteiger partial charge in [0.05, 0.1) is 16.1 Å². The highest BCUT2D eigenvalue weighted by Gasteiger charge is 2.52. The van der Waals surface area contributed by atoms with Gasteiger partial charge in [0, 0.05) is 17.9 Å². The van der Waals surface area contributed by atoms with E-state index in [1.54, 1.807) is 0 Å². The molecule has 2 rings (SSSR count). The monoisotopic (exact) mass is 317 g/mol. The molecule has 1 fully saturated rings. The number of nitrogens with zero attached hydrogens (tertiary/aromatic N) is 1. The van der Waals surface area contributed by atoms with E-state index < -0.39 is 28.2 Å². The number of aromatic nitrogens is 1. The van der Waals surface area contributed by atoms with Crippen molar-refractivity contribution < 1.29 is 17.7 Å². The summed E-state index contributed by atoms with van der Waals surface area (Å²) in [6, 6.07) is 1.47. The molecule has 0 unspecified atom stereocenters. The molecule has 0 aliphatic carbocycles. The predicted molar refractivity (Wildman–Crippen MR) is 78.1 cm³/mol. The fourth-order valence-corrected chi connectivity index (χ4v) is 2.89.